The largest absolute Gasteiger partial charge is 0.379 e. The number of morpholine rings is 1. The number of benzene rings is 1. The Labute approximate surface area is 194 Å². The summed E-state index contributed by atoms with van der Waals surface area (Å²) in [5.41, 5.74) is 2.59. The first-order chi connectivity index (χ1) is 15.6. The van der Waals surface area contributed by atoms with Crippen LogP contribution in [0.5, 0.6) is 0 Å². The van der Waals surface area contributed by atoms with Gasteiger partial charge in [0, 0.05) is 39.3 Å². The smallest absolute Gasteiger partial charge is 0.191 e. The van der Waals surface area contributed by atoms with E-state index in [4.69, 9.17) is 19.2 Å². The summed E-state index contributed by atoms with van der Waals surface area (Å²) in [4.78, 5) is 7.29. The van der Waals surface area contributed by atoms with Gasteiger partial charge in [-0.25, -0.2) is 4.99 Å². The van der Waals surface area contributed by atoms with Gasteiger partial charge in [-0.3, -0.25) is 4.90 Å². The number of hydrogen-bond donors (Lipinski definition) is 2. The molecule has 1 aliphatic rings. The number of rotatable bonds is 14. The zero-order chi connectivity index (χ0) is 23.0. The highest BCUT2D eigenvalue weighted by Gasteiger charge is 2.22. The number of aliphatic imine (C=N–C) groups is 1. The Hall–Kier alpha value is -1.67. The summed E-state index contributed by atoms with van der Waals surface area (Å²) in [5.74, 6) is 0.818. The van der Waals surface area contributed by atoms with Gasteiger partial charge in [-0.2, -0.15) is 0 Å². The van der Waals surface area contributed by atoms with Crippen LogP contribution in [0.2, 0.25) is 0 Å². The molecule has 0 spiro atoms. The van der Waals surface area contributed by atoms with Crippen LogP contribution in [0.25, 0.3) is 0 Å². The zero-order valence-electron chi connectivity index (χ0n) is 20.6. The van der Waals surface area contributed by atoms with E-state index < -0.39 is 0 Å². The minimum absolute atomic E-state index is 0.276. The SMILES string of the molecule is CCCCOCCOCCNC(=NCc1ccccc1CN1CC(C)OC(C)C1)NCC. The molecule has 2 unspecified atom stereocenters. The Morgan fingerprint density at radius 1 is 1.00 bits per heavy atom. The molecule has 0 aromatic heterocycles. The van der Waals surface area contributed by atoms with E-state index in [0.717, 1.165) is 51.6 Å². The van der Waals surface area contributed by atoms with Gasteiger partial charge >= 0.3 is 0 Å². The lowest BCUT2D eigenvalue weighted by atomic mass is 10.1. The number of unbranched alkanes of at least 4 members (excludes halogenated alkanes) is 1. The molecule has 182 valence electrons. The number of hydrogen-bond acceptors (Lipinski definition) is 5. The molecule has 32 heavy (non-hydrogen) atoms. The lowest BCUT2D eigenvalue weighted by molar-refractivity contribution is -0.0705. The van der Waals surface area contributed by atoms with Crippen LogP contribution < -0.4 is 10.6 Å². The lowest BCUT2D eigenvalue weighted by Crippen LogP contribution is -2.44. The van der Waals surface area contributed by atoms with Crippen LogP contribution in [0.1, 0.15) is 51.7 Å². The van der Waals surface area contributed by atoms with Gasteiger partial charge in [0.05, 0.1) is 38.6 Å². The van der Waals surface area contributed by atoms with Gasteiger partial charge in [0.25, 0.3) is 0 Å². The van der Waals surface area contributed by atoms with Crippen molar-refractivity contribution in [3.05, 3.63) is 35.4 Å². The Morgan fingerprint density at radius 3 is 2.38 bits per heavy atom. The average Bonchev–Trinajstić information content (AvgIpc) is 2.76. The molecule has 0 aliphatic carbocycles. The molecule has 7 heteroatoms. The molecule has 2 atom stereocenters. The molecule has 0 saturated carbocycles. The summed E-state index contributed by atoms with van der Waals surface area (Å²) in [5, 5.41) is 6.68. The Kier molecular flexibility index (Phi) is 13.3. The lowest BCUT2D eigenvalue weighted by Gasteiger charge is -2.35. The molecule has 1 aromatic carbocycles. The van der Waals surface area contributed by atoms with E-state index in [1.54, 1.807) is 0 Å². The van der Waals surface area contributed by atoms with E-state index in [9.17, 15) is 0 Å². The molecular weight excluding hydrogens is 404 g/mol. The van der Waals surface area contributed by atoms with Crippen LogP contribution in [-0.4, -0.2) is 75.7 Å². The zero-order valence-corrected chi connectivity index (χ0v) is 20.6. The third-order valence-electron chi connectivity index (χ3n) is 5.31. The quantitative estimate of drug-likeness (QED) is 0.259. The highest BCUT2D eigenvalue weighted by Crippen LogP contribution is 2.17. The van der Waals surface area contributed by atoms with E-state index in [1.165, 1.54) is 11.1 Å². The summed E-state index contributed by atoms with van der Waals surface area (Å²) in [6.45, 7) is 16.3. The number of nitrogens with zero attached hydrogens (tertiary/aromatic N) is 2. The maximum absolute atomic E-state index is 5.88. The average molecular weight is 449 g/mol. The van der Waals surface area contributed by atoms with Crippen molar-refractivity contribution in [2.45, 2.75) is 65.8 Å². The van der Waals surface area contributed by atoms with E-state index in [0.29, 0.717) is 32.9 Å². The monoisotopic (exact) mass is 448 g/mol. The van der Waals surface area contributed by atoms with Crippen LogP contribution in [0.4, 0.5) is 0 Å². The van der Waals surface area contributed by atoms with Crippen LogP contribution in [0.15, 0.2) is 29.3 Å². The molecular formula is C25H44N4O3. The fraction of sp³-hybridized carbons (Fsp3) is 0.720. The first-order valence-corrected chi connectivity index (χ1v) is 12.2. The van der Waals surface area contributed by atoms with Crippen molar-refractivity contribution >= 4 is 5.96 Å². The first-order valence-electron chi connectivity index (χ1n) is 12.2. The number of guanidine groups is 1. The molecule has 0 amide bonds. The van der Waals surface area contributed by atoms with Crippen molar-refractivity contribution < 1.29 is 14.2 Å². The van der Waals surface area contributed by atoms with Crippen LogP contribution >= 0.6 is 0 Å². The van der Waals surface area contributed by atoms with Crippen molar-refractivity contribution in [2.24, 2.45) is 4.99 Å². The normalized spacial score (nSPS) is 19.8. The van der Waals surface area contributed by atoms with Crippen molar-refractivity contribution in [3.63, 3.8) is 0 Å². The second kappa shape index (κ2) is 16.0. The standard InChI is InChI=1S/C25H44N4O3/c1-5-7-13-30-15-16-31-14-12-27-25(26-6-2)28-17-23-10-8-9-11-24(23)20-29-18-21(3)32-22(4)19-29/h8-11,21-22H,5-7,12-20H2,1-4H3,(H2,26,27,28). The van der Waals surface area contributed by atoms with Crippen molar-refractivity contribution in [1.82, 2.24) is 15.5 Å². The highest BCUT2D eigenvalue weighted by molar-refractivity contribution is 5.79. The highest BCUT2D eigenvalue weighted by atomic mass is 16.5. The molecule has 1 saturated heterocycles. The summed E-state index contributed by atoms with van der Waals surface area (Å²) >= 11 is 0. The van der Waals surface area contributed by atoms with Gasteiger partial charge in [0.1, 0.15) is 0 Å². The molecule has 7 nitrogen and oxygen atoms in total. The fourth-order valence-corrected chi connectivity index (χ4v) is 3.84. The topological polar surface area (TPSA) is 67.4 Å². The van der Waals surface area contributed by atoms with E-state index in [2.05, 4.69) is 67.5 Å². The molecule has 0 radical (unpaired) electrons. The summed E-state index contributed by atoms with van der Waals surface area (Å²) < 4.78 is 17.0. The third kappa shape index (κ3) is 10.8. The predicted octanol–water partition coefficient (Wildman–Crippen LogP) is 3.18. The summed E-state index contributed by atoms with van der Waals surface area (Å²) in [6, 6.07) is 8.60. The van der Waals surface area contributed by atoms with Gasteiger partial charge in [-0.15, -0.1) is 0 Å². The fourth-order valence-electron chi connectivity index (χ4n) is 3.84. The molecule has 0 bridgehead atoms. The van der Waals surface area contributed by atoms with Crippen LogP contribution in [0.3, 0.4) is 0 Å². The third-order valence-corrected chi connectivity index (χ3v) is 5.31. The first kappa shape index (κ1) is 26.6. The van der Waals surface area contributed by atoms with E-state index in [1.807, 2.05) is 0 Å². The second-order valence-electron chi connectivity index (χ2n) is 8.42. The molecule has 1 fully saturated rings. The van der Waals surface area contributed by atoms with Crippen LogP contribution in [0, 0.1) is 0 Å². The number of ether oxygens (including phenoxy) is 3. The summed E-state index contributed by atoms with van der Waals surface area (Å²) in [6.07, 6.45) is 2.82. The molecule has 2 rings (SSSR count). The number of nitrogens with one attached hydrogen (secondary N) is 2. The van der Waals surface area contributed by atoms with Gasteiger partial charge in [0.15, 0.2) is 5.96 Å². The molecule has 2 N–H and O–H groups in total. The Balaban J connectivity index is 1.79. The Bertz CT molecular complexity index is 646. The minimum Gasteiger partial charge on any atom is -0.379 e. The molecule has 1 heterocycles. The van der Waals surface area contributed by atoms with Crippen molar-refractivity contribution in [3.8, 4) is 0 Å². The van der Waals surface area contributed by atoms with E-state index >= 15 is 0 Å². The van der Waals surface area contributed by atoms with Crippen molar-refractivity contribution in [1.29, 1.82) is 0 Å². The van der Waals surface area contributed by atoms with Crippen LogP contribution in [-0.2, 0) is 27.3 Å². The second-order valence-corrected chi connectivity index (χ2v) is 8.42. The maximum atomic E-state index is 5.88. The van der Waals surface area contributed by atoms with Gasteiger partial charge < -0.3 is 24.8 Å². The van der Waals surface area contributed by atoms with Crippen molar-refractivity contribution in [2.75, 3.05) is 52.6 Å². The maximum Gasteiger partial charge on any atom is 0.191 e. The van der Waals surface area contributed by atoms with Gasteiger partial charge in [-0.1, -0.05) is 37.6 Å². The predicted molar refractivity (Wildman–Crippen MR) is 131 cm³/mol. The Morgan fingerprint density at radius 2 is 1.69 bits per heavy atom. The van der Waals surface area contributed by atoms with Gasteiger partial charge in [-0.05, 0) is 38.3 Å². The minimum atomic E-state index is 0.276. The van der Waals surface area contributed by atoms with E-state index in [-0.39, 0.29) is 12.2 Å². The van der Waals surface area contributed by atoms with Gasteiger partial charge in [0.2, 0.25) is 0 Å². The molecule has 1 aliphatic heterocycles. The molecule has 1 aromatic rings. The summed E-state index contributed by atoms with van der Waals surface area (Å²) in [7, 11) is 0.